The summed E-state index contributed by atoms with van der Waals surface area (Å²) in [6.45, 7) is 7.27. The van der Waals surface area contributed by atoms with Crippen molar-refractivity contribution < 1.29 is 4.74 Å². The zero-order valence-electron chi connectivity index (χ0n) is 9.60. The van der Waals surface area contributed by atoms with Gasteiger partial charge in [0.2, 0.25) is 0 Å². The van der Waals surface area contributed by atoms with Crippen molar-refractivity contribution in [3.63, 3.8) is 0 Å². The largest absolute Gasteiger partial charge is 0.370 e. The third kappa shape index (κ3) is 3.25. The highest BCUT2D eigenvalue weighted by atomic mass is 16.5. The van der Waals surface area contributed by atoms with Gasteiger partial charge in [-0.2, -0.15) is 0 Å². The Balaban J connectivity index is 2.89. The third-order valence-electron chi connectivity index (χ3n) is 2.15. The van der Waals surface area contributed by atoms with Gasteiger partial charge in [0.1, 0.15) is 6.10 Å². The first-order valence-electron chi connectivity index (χ1n) is 5.32. The predicted molar refractivity (Wildman–Crippen MR) is 59.1 cm³/mol. The van der Waals surface area contributed by atoms with Crippen molar-refractivity contribution in [2.24, 2.45) is 11.7 Å². The summed E-state index contributed by atoms with van der Waals surface area (Å²) in [5, 5.41) is 0. The van der Waals surface area contributed by atoms with Crippen molar-refractivity contribution in [2.45, 2.75) is 33.4 Å². The molecule has 0 amide bonds. The van der Waals surface area contributed by atoms with E-state index >= 15 is 0 Å². The van der Waals surface area contributed by atoms with Gasteiger partial charge < -0.3 is 10.5 Å². The van der Waals surface area contributed by atoms with E-state index in [1.807, 2.05) is 13.0 Å². The molecular weight excluding hydrogens is 190 g/mol. The molecule has 0 aliphatic rings. The summed E-state index contributed by atoms with van der Waals surface area (Å²) >= 11 is 0. The number of ether oxygens (including phenoxy) is 1. The van der Waals surface area contributed by atoms with Crippen LogP contribution in [0.1, 0.15) is 38.4 Å². The van der Waals surface area contributed by atoms with Crippen molar-refractivity contribution in [3.8, 4) is 0 Å². The summed E-state index contributed by atoms with van der Waals surface area (Å²) in [4.78, 5) is 8.61. The van der Waals surface area contributed by atoms with Crippen LogP contribution in [0.3, 0.4) is 0 Å². The molecule has 4 heteroatoms. The summed E-state index contributed by atoms with van der Waals surface area (Å²) in [6, 6.07) is 1.83. The van der Waals surface area contributed by atoms with Gasteiger partial charge >= 0.3 is 0 Å². The molecule has 84 valence electrons. The minimum atomic E-state index is -0.0403. The van der Waals surface area contributed by atoms with Crippen LogP contribution in [-0.4, -0.2) is 16.6 Å². The van der Waals surface area contributed by atoms with E-state index in [0.29, 0.717) is 19.1 Å². The number of hydrogen-bond donors (Lipinski definition) is 1. The first-order chi connectivity index (χ1) is 7.19. The van der Waals surface area contributed by atoms with E-state index in [9.17, 15) is 0 Å². The van der Waals surface area contributed by atoms with Crippen molar-refractivity contribution in [2.75, 3.05) is 6.61 Å². The lowest BCUT2D eigenvalue weighted by Crippen LogP contribution is -2.16. The quantitative estimate of drug-likeness (QED) is 0.801. The highest BCUT2D eigenvalue weighted by Crippen LogP contribution is 2.22. The lowest BCUT2D eigenvalue weighted by molar-refractivity contribution is 0.0230. The molecule has 0 aromatic carbocycles. The molecule has 1 heterocycles. The Kier molecular flexibility index (Phi) is 4.65. The van der Waals surface area contributed by atoms with Gasteiger partial charge in [0, 0.05) is 19.3 Å². The molecule has 15 heavy (non-hydrogen) atoms. The van der Waals surface area contributed by atoms with Crippen LogP contribution in [0.15, 0.2) is 12.3 Å². The van der Waals surface area contributed by atoms with E-state index in [1.54, 1.807) is 6.20 Å². The Morgan fingerprint density at radius 3 is 2.73 bits per heavy atom. The fourth-order valence-corrected chi connectivity index (χ4v) is 1.41. The van der Waals surface area contributed by atoms with Gasteiger partial charge in [-0.25, -0.2) is 9.97 Å². The van der Waals surface area contributed by atoms with Gasteiger partial charge in [0.05, 0.1) is 5.69 Å². The average Bonchev–Trinajstić information content (AvgIpc) is 2.25. The summed E-state index contributed by atoms with van der Waals surface area (Å²) < 4.78 is 5.62. The molecule has 0 fully saturated rings. The zero-order chi connectivity index (χ0) is 11.3. The van der Waals surface area contributed by atoms with Crippen molar-refractivity contribution >= 4 is 0 Å². The number of rotatable bonds is 5. The second-order valence-corrected chi connectivity index (χ2v) is 3.73. The number of aromatic nitrogens is 2. The van der Waals surface area contributed by atoms with E-state index in [-0.39, 0.29) is 6.10 Å². The van der Waals surface area contributed by atoms with Gasteiger partial charge in [-0.15, -0.1) is 0 Å². The van der Waals surface area contributed by atoms with Crippen LogP contribution in [0.4, 0.5) is 0 Å². The van der Waals surface area contributed by atoms with Gasteiger partial charge in [0.25, 0.3) is 0 Å². The molecule has 1 rings (SSSR count). The minimum Gasteiger partial charge on any atom is -0.370 e. The highest BCUT2D eigenvalue weighted by Gasteiger charge is 2.18. The molecule has 1 atom stereocenters. The van der Waals surface area contributed by atoms with E-state index < -0.39 is 0 Å². The van der Waals surface area contributed by atoms with Crippen molar-refractivity contribution in [1.29, 1.82) is 0 Å². The topological polar surface area (TPSA) is 61.0 Å². The molecule has 0 saturated carbocycles. The van der Waals surface area contributed by atoms with Crippen LogP contribution in [0.5, 0.6) is 0 Å². The van der Waals surface area contributed by atoms with Crippen LogP contribution in [0, 0.1) is 5.92 Å². The van der Waals surface area contributed by atoms with Gasteiger partial charge in [-0.05, 0) is 18.9 Å². The lowest BCUT2D eigenvalue weighted by atomic mass is 10.1. The molecule has 0 aliphatic heterocycles. The summed E-state index contributed by atoms with van der Waals surface area (Å²) in [5.74, 6) is 1.09. The smallest absolute Gasteiger partial charge is 0.157 e. The fraction of sp³-hybridized carbons (Fsp3) is 0.636. The minimum absolute atomic E-state index is 0.0403. The Morgan fingerprint density at radius 1 is 1.47 bits per heavy atom. The fourth-order valence-electron chi connectivity index (χ4n) is 1.41. The van der Waals surface area contributed by atoms with E-state index in [4.69, 9.17) is 10.5 Å². The second-order valence-electron chi connectivity index (χ2n) is 3.73. The van der Waals surface area contributed by atoms with Crippen molar-refractivity contribution in [3.05, 3.63) is 23.8 Å². The average molecular weight is 209 g/mol. The number of nitrogens with zero attached hydrogens (tertiary/aromatic N) is 2. The second kappa shape index (κ2) is 5.78. The molecule has 0 aliphatic carbocycles. The molecule has 4 nitrogen and oxygen atoms in total. The van der Waals surface area contributed by atoms with Crippen LogP contribution < -0.4 is 5.73 Å². The zero-order valence-corrected chi connectivity index (χ0v) is 9.60. The SMILES string of the molecule is CCOC(c1nccc(CN)n1)C(C)C. The molecule has 0 bridgehead atoms. The Labute approximate surface area is 90.9 Å². The van der Waals surface area contributed by atoms with E-state index in [2.05, 4.69) is 23.8 Å². The van der Waals surface area contributed by atoms with Gasteiger partial charge in [-0.1, -0.05) is 13.8 Å². The van der Waals surface area contributed by atoms with Crippen LogP contribution in [0.2, 0.25) is 0 Å². The molecule has 2 N–H and O–H groups in total. The summed E-state index contributed by atoms with van der Waals surface area (Å²) in [5.41, 5.74) is 6.39. The summed E-state index contributed by atoms with van der Waals surface area (Å²) in [6.07, 6.45) is 1.69. The molecule has 1 aromatic heterocycles. The summed E-state index contributed by atoms with van der Waals surface area (Å²) in [7, 11) is 0. The van der Waals surface area contributed by atoms with Crippen molar-refractivity contribution in [1.82, 2.24) is 9.97 Å². The normalized spacial score (nSPS) is 13.1. The molecule has 0 radical (unpaired) electrons. The number of hydrogen-bond acceptors (Lipinski definition) is 4. The standard InChI is InChI=1S/C11H19N3O/c1-4-15-10(8(2)3)11-13-6-5-9(7-12)14-11/h5-6,8,10H,4,7,12H2,1-3H3. The molecule has 1 unspecified atom stereocenters. The molecular formula is C11H19N3O. The Hall–Kier alpha value is -1.00. The maximum Gasteiger partial charge on any atom is 0.157 e. The Morgan fingerprint density at radius 2 is 2.20 bits per heavy atom. The van der Waals surface area contributed by atoms with Gasteiger partial charge in [-0.3, -0.25) is 0 Å². The van der Waals surface area contributed by atoms with Crippen LogP contribution in [0.25, 0.3) is 0 Å². The predicted octanol–water partition coefficient (Wildman–Crippen LogP) is 1.67. The van der Waals surface area contributed by atoms with Crippen LogP contribution in [-0.2, 0) is 11.3 Å². The number of nitrogens with two attached hydrogens (primary N) is 1. The van der Waals surface area contributed by atoms with E-state index in [0.717, 1.165) is 11.5 Å². The highest BCUT2D eigenvalue weighted by molar-refractivity contribution is 5.04. The van der Waals surface area contributed by atoms with E-state index in [1.165, 1.54) is 0 Å². The van der Waals surface area contributed by atoms with Crippen LogP contribution >= 0.6 is 0 Å². The Bertz CT molecular complexity index is 302. The molecule has 0 spiro atoms. The first-order valence-corrected chi connectivity index (χ1v) is 5.32. The maximum absolute atomic E-state index is 5.62. The third-order valence-corrected chi connectivity index (χ3v) is 2.15. The first kappa shape index (κ1) is 12.1. The molecule has 1 aromatic rings. The molecule has 0 saturated heterocycles. The lowest BCUT2D eigenvalue weighted by Gasteiger charge is -2.19. The maximum atomic E-state index is 5.62. The monoisotopic (exact) mass is 209 g/mol. The van der Waals surface area contributed by atoms with Gasteiger partial charge in [0.15, 0.2) is 5.82 Å².